The van der Waals surface area contributed by atoms with E-state index in [0.717, 1.165) is 29.3 Å². The third kappa shape index (κ3) is 4.79. The predicted molar refractivity (Wildman–Crippen MR) is 108 cm³/mol. The number of aromatic nitrogens is 3. The minimum atomic E-state index is -4.02. The minimum Gasteiger partial charge on any atom is -0.312 e. The lowest BCUT2D eigenvalue weighted by Crippen LogP contribution is -2.39. The van der Waals surface area contributed by atoms with Gasteiger partial charge in [0.1, 0.15) is 11.6 Å². The van der Waals surface area contributed by atoms with Crippen LogP contribution >= 0.6 is 0 Å². The second kappa shape index (κ2) is 8.31. The van der Waals surface area contributed by atoms with Gasteiger partial charge in [0.25, 0.3) is 10.1 Å². The summed E-state index contributed by atoms with van der Waals surface area (Å²) in [6.07, 6.45) is 5.18. The zero-order chi connectivity index (χ0) is 20.5. The number of nitrogens with zero attached hydrogens (tertiary/aromatic N) is 3. The van der Waals surface area contributed by atoms with Crippen LogP contribution in [0.2, 0.25) is 0 Å². The van der Waals surface area contributed by atoms with Gasteiger partial charge in [0.05, 0.1) is 4.90 Å². The smallest absolute Gasteiger partial charge is 0.294 e. The zero-order valence-corrected chi connectivity index (χ0v) is 17.8. The summed E-state index contributed by atoms with van der Waals surface area (Å²) in [7, 11) is -4.02. The molecular formula is C20H30N4O3S. The highest BCUT2D eigenvalue weighted by Gasteiger charge is 2.35. The molecule has 1 aromatic heterocycles. The molecule has 154 valence electrons. The summed E-state index contributed by atoms with van der Waals surface area (Å²) in [5.41, 5.74) is 0.956. The first-order valence-electron chi connectivity index (χ1n) is 9.86. The molecule has 7 nitrogen and oxygen atoms in total. The second-order valence-corrected chi connectivity index (χ2v) is 9.60. The van der Waals surface area contributed by atoms with Gasteiger partial charge in [-0.25, -0.2) is 0 Å². The maximum Gasteiger partial charge on any atom is 0.294 e. The van der Waals surface area contributed by atoms with E-state index in [0.29, 0.717) is 12.0 Å². The van der Waals surface area contributed by atoms with E-state index in [1.807, 2.05) is 6.92 Å². The first kappa shape index (κ1) is 21.0. The molecule has 2 aliphatic rings. The molecule has 2 aromatic rings. The Balaban J connectivity index is 0.000000178. The van der Waals surface area contributed by atoms with Crippen molar-refractivity contribution < 1.29 is 13.0 Å². The summed E-state index contributed by atoms with van der Waals surface area (Å²) >= 11 is 0. The molecule has 2 saturated heterocycles. The lowest BCUT2D eigenvalue weighted by molar-refractivity contribution is 0.288. The average molecular weight is 407 g/mol. The maximum atomic E-state index is 10.5. The average Bonchev–Trinajstić information content (AvgIpc) is 3.17. The summed E-state index contributed by atoms with van der Waals surface area (Å²) in [6, 6.07) is 8.05. The molecule has 2 fully saturated rings. The van der Waals surface area contributed by atoms with Gasteiger partial charge in [-0.2, -0.15) is 8.42 Å². The number of benzene rings is 1. The summed E-state index contributed by atoms with van der Waals surface area (Å²) in [6.45, 7) is 8.34. The highest BCUT2D eigenvalue weighted by molar-refractivity contribution is 7.85. The molecule has 0 amide bonds. The number of hydrogen-bond donors (Lipinski definition) is 2. The van der Waals surface area contributed by atoms with Gasteiger partial charge in [-0.15, -0.1) is 10.2 Å². The van der Waals surface area contributed by atoms with Crippen LogP contribution in [0.4, 0.5) is 0 Å². The third-order valence-electron chi connectivity index (χ3n) is 5.54. The van der Waals surface area contributed by atoms with Crippen molar-refractivity contribution in [1.82, 2.24) is 20.1 Å². The van der Waals surface area contributed by atoms with Gasteiger partial charge in [-0.1, -0.05) is 31.5 Å². The topological polar surface area (TPSA) is 97.1 Å². The SMILES string of the molecule is Cc1ccc(S(=O)(=O)O)cc1.Cc1nnc(C(C)C)n1C1C[C@H]2CC[C@@H](C1)N2. The monoisotopic (exact) mass is 406 g/mol. The Bertz CT molecular complexity index is 894. The molecule has 28 heavy (non-hydrogen) atoms. The fraction of sp³-hybridized carbons (Fsp3) is 0.600. The molecule has 1 unspecified atom stereocenters. The molecule has 2 aliphatic heterocycles. The van der Waals surface area contributed by atoms with Crippen LogP contribution in [0.1, 0.15) is 68.7 Å². The summed E-state index contributed by atoms with van der Waals surface area (Å²) in [5.74, 6) is 2.71. The number of rotatable bonds is 3. The van der Waals surface area contributed by atoms with Crippen molar-refractivity contribution >= 4 is 10.1 Å². The van der Waals surface area contributed by atoms with Crippen LogP contribution < -0.4 is 5.32 Å². The van der Waals surface area contributed by atoms with E-state index in [9.17, 15) is 8.42 Å². The molecular weight excluding hydrogens is 376 g/mol. The van der Waals surface area contributed by atoms with Crippen LogP contribution in [0.5, 0.6) is 0 Å². The first-order chi connectivity index (χ1) is 13.1. The molecule has 2 N–H and O–H groups in total. The molecule has 0 radical (unpaired) electrons. The van der Waals surface area contributed by atoms with Gasteiger partial charge in [0.2, 0.25) is 0 Å². The lowest BCUT2D eigenvalue weighted by atomic mass is 9.98. The van der Waals surface area contributed by atoms with E-state index in [4.69, 9.17) is 4.55 Å². The molecule has 0 saturated carbocycles. The van der Waals surface area contributed by atoms with Crippen LogP contribution in [0.3, 0.4) is 0 Å². The van der Waals surface area contributed by atoms with Crippen LogP contribution in [0.15, 0.2) is 29.2 Å². The minimum absolute atomic E-state index is 0.0666. The molecule has 2 bridgehead atoms. The number of aryl methyl sites for hydroxylation is 2. The number of hydrogen-bond acceptors (Lipinski definition) is 5. The molecule has 4 rings (SSSR count). The van der Waals surface area contributed by atoms with E-state index in [-0.39, 0.29) is 4.90 Å². The summed E-state index contributed by atoms with van der Waals surface area (Å²) in [5, 5.41) is 12.3. The van der Waals surface area contributed by atoms with E-state index in [1.165, 1.54) is 37.8 Å². The van der Waals surface area contributed by atoms with Crippen molar-refractivity contribution in [2.24, 2.45) is 0 Å². The number of nitrogens with one attached hydrogen (secondary N) is 1. The molecule has 1 aromatic carbocycles. The Labute approximate surface area is 167 Å². The van der Waals surface area contributed by atoms with Crippen molar-refractivity contribution in [3.05, 3.63) is 41.5 Å². The fourth-order valence-corrected chi connectivity index (χ4v) is 4.66. The molecule has 0 spiro atoms. The normalized spacial score (nSPS) is 24.1. The Morgan fingerprint density at radius 2 is 1.64 bits per heavy atom. The van der Waals surface area contributed by atoms with Gasteiger partial charge in [-0.05, 0) is 51.7 Å². The first-order valence-corrected chi connectivity index (χ1v) is 11.3. The second-order valence-electron chi connectivity index (χ2n) is 8.18. The van der Waals surface area contributed by atoms with Gasteiger partial charge < -0.3 is 9.88 Å². The van der Waals surface area contributed by atoms with Crippen LogP contribution in [0, 0.1) is 13.8 Å². The number of piperidine rings is 1. The fourth-order valence-electron chi connectivity index (χ4n) is 4.18. The van der Waals surface area contributed by atoms with Crippen LogP contribution in [-0.4, -0.2) is 39.8 Å². The molecule has 3 heterocycles. The van der Waals surface area contributed by atoms with Crippen molar-refractivity contribution in [2.75, 3.05) is 0 Å². The standard InChI is InChI=1S/C13H22N4.C7H8O3S/c1-8(2)13-16-15-9(3)17(13)12-6-10-4-5-11(7-12)14-10;1-6-2-4-7(5-3-6)11(8,9)10/h8,10-12,14H,4-7H2,1-3H3;2-5H,1H3,(H,8,9,10)/t10-,11+,12?;. The maximum absolute atomic E-state index is 10.5. The molecule has 3 atom stereocenters. The van der Waals surface area contributed by atoms with Gasteiger partial charge in [0.15, 0.2) is 0 Å². The Kier molecular flexibility index (Phi) is 6.21. The van der Waals surface area contributed by atoms with Gasteiger partial charge >= 0.3 is 0 Å². The van der Waals surface area contributed by atoms with Crippen LogP contribution in [-0.2, 0) is 10.1 Å². The predicted octanol–water partition coefficient (Wildman–Crippen LogP) is 3.41. The lowest BCUT2D eigenvalue weighted by Gasteiger charge is -2.31. The van der Waals surface area contributed by atoms with Crippen LogP contribution in [0.25, 0.3) is 0 Å². The number of fused-ring (bicyclic) bond motifs is 2. The highest BCUT2D eigenvalue weighted by Crippen LogP contribution is 2.35. The Morgan fingerprint density at radius 1 is 1.07 bits per heavy atom. The molecule has 8 heteroatoms. The van der Waals surface area contributed by atoms with Gasteiger partial charge in [0, 0.05) is 24.0 Å². The van der Waals surface area contributed by atoms with E-state index < -0.39 is 10.1 Å². The third-order valence-corrected chi connectivity index (χ3v) is 6.41. The van der Waals surface area contributed by atoms with Crippen molar-refractivity contribution in [2.45, 2.75) is 82.3 Å². The van der Waals surface area contributed by atoms with E-state index >= 15 is 0 Å². The molecule has 0 aliphatic carbocycles. The quantitative estimate of drug-likeness (QED) is 0.758. The van der Waals surface area contributed by atoms with Crippen molar-refractivity contribution in [3.8, 4) is 0 Å². The Morgan fingerprint density at radius 3 is 2.14 bits per heavy atom. The Hall–Kier alpha value is -1.77. The largest absolute Gasteiger partial charge is 0.312 e. The van der Waals surface area contributed by atoms with Gasteiger partial charge in [-0.3, -0.25) is 4.55 Å². The highest BCUT2D eigenvalue weighted by atomic mass is 32.2. The summed E-state index contributed by atoms with van der Waals surface area (Å²) < 4.78 is 32.0. The van der Waals surface area contributed by atoms with Crippen molar-refractivity contribution in [3.63, 3.8) is 0 Å². The van der Waals surface area contributed by atoms with Crippen molar-refractivity contribution in [1.29, 1.82) is 0 Å². The summed E-state index contributed by atoms with van der Waals surface area (Å²) in [4.78, 5) is -0.0666. The van der Waals surface area contributed by atoms with E-state index in [1.54, 1.807) is 12.1 Å². The zero-order valence-electron chi connectivity index (χ0n) is 17.0. The van der Waals surface area contributed by atoms with E-state index in [2.05, 4.69) is 40.9 Å².